The molecule has 0 amide bonds. The Morgan fingerprint density at radius 3 is 2.44 bits per heavy atom. The van der Waals surface area contributed by atoms with Crippen molar-refractivity contribution in [3.63, 3.8) is 0 Å². The summed E-state index contributed by atoms with van der Waals surface area (Å²) in [4.78, 5) is 0. The Hall–Kier alpha value is -2.29. The van der Waals surface area contributed by atoms with Crippen LogP contribution in [0.5, 0.6) is 0 Å². The molecule has 3 rings (SSSR count). The van der Waals surface area contributed by atoms with E-state index in [1.165, 1.54) is 0 Å². The summed E-state index contributed by atoms with van der Waals surface area (Å²) in [6, 6.07) is 18.1. The van der Waals surface area contributed by atoms with Gasteiger partial charge < -0.3 is 5.73 Å². The van der Waals surface area contributed by atoms with Crippen LogP contribution in [0, 0.1) is 0 Å². The minimum atomic E-state index is 0.797. The molecule has 3 nitrogen and oxygen atoms in total. The summed E-state index contributed by atoms with van der Waals surface area (Å²) in [7, 11) is 0. The van der Waals surface area contributed by atoms with Crippen molar-refractivity contribution in [1.29, 1.82) is 0 Å². The second-order valence-electron chi connectivity index (χ2n) is 4.34. The number of nitrogens with two attached hydrogens (primary N) is 1. The Balaban J connectivity index is 1.91. The first-order chi connectivity index (χ1) is 8.84. The van der Waals surface area contributed by atoms with E-state index >= 15 is 0 Å². The number of benzene rings is 2. The molecule has 0 atom stereocenters. The van der Waals surface area contributed by atoms with Gasteiger partial charge in [0.1, 0.15) is 0 Å². The van der Waals surface area contributed by atoms with Crippen molar-refractivity contribution in [3.05, 3.63) is 60.2 Å². The molecule has 0 aromatic heterocycles. The first-order valence-corrected chi connectivity index (χ1v) is 6.09. The molecule has 0 saturated carbocycles. The van der Waals surface area contributed by atoms with Gasteiger partial charge >= 0.3 is 0 Å². The van der Waals surface area contributed by atoms with Crippen molar-refractivity contribution in [2.75, 3.05) is 17.3 Å². The summed E-state index contributed by atoms with van der Waals surface area (Å²) in [5, 5.41) is 6.69. The van der Waals surface area contributed by atoms with Crippen LogP contribution in [0.1, 0.15) is 12.0 Å². The lowest BCUT2D eigenvalue weighted by Crippen LogP contribution is -2.11. The number of anilines is 2. The van der Waals surface area contributed by atoms with Crippen LogP contribution in [0.3, 0.4) is 0 Å². The van der Waals surface area contributed by atoms with E-state index in [0.29, 0.717) is 0 Å². The van der Waals surface area contributed by atoms with E-state index in [9.17, 15) is 0 Å². The standard InChI is InChI=1S/C15H15N3/c16-14-9-5-4-8-13(14)15-10-11-18(17-15)12-6-2-1-3-7-12/h1-9H,10-11,16H2. The Morgan fingerprint density at radius 2 is 1.67 bits per heavy atom. The molecule has 3 heteroatoms. The van der Waals surface area contributed by atoms with Crippen molar-refractivity contribution >= 4 is 17.1 Å². The Morgan fingerprint density at radius 1 is 0.944 bits per heavy atom. The van der Waals surface area contributed by atoms with E-state index in [-0.39, 0.29) is 0 Å². The van der Waals surface area contributed by atoms with Gasteiger partial charge in [-0.25, -0.2) is 0 Å². The topological polar surface area (TPSA) is 41.6 Å². The number of hydrazone groups is 1. The zero-order valence-electron chi connectivity index (χ0n) is 10.1. The molecule has 18 heavy (non-hydrogen) atoms. The molecule has 2 aromatic carbocycles. The van der Waals surface area contributed by atoms with Crippen LogP contribution in [0.2, 0.25) is 0 Å². The first-order valence-electron chi connectivity index (χ1n) is 6.09. The van der Waals surface area contributed by atoms with Crippen LogP contribution in [0.4, 0.5) is 11.4 Å². The van der Waals surface area contributed by atoms with Crippen LogP contribution >= 0.6 is 0 Å². The van der Waals surface area contributed by atoms with Gasteiger partial charge in [-0.15, -0.1) is 0 Å². The fraction of sp³-hybridized carbons (Fsp3) is 0.133. The molecular formula is C15H15N3. The number of hydrogen-bond acceptors (Lipinski definition) is 3. The highest BCUT2D eigenvalue weighted by atomic mass is 15.5. The van der Waals surface area contributed by atoms with Crippen LogP contribution in [-0.2, 0) is 0 Å². The SMILES string of the molecule is Nc1ccccc1C1=NN(c2ccccc2)CC1. The minimum absolute atomic E-state index is 0.797. The van der Waals surface area contributed by atoms with E-state index in [0.717, 1.165) is 35.6 Å². The molecule has 2 N–H and O–H groups in total. The molecule has 1 heterocycles. The van der Waals surface area contributed by atoms with Gasteiger partial charge in [-0.2, -0.15) is 5.10 Å². The van der Waals surface area contributed by atoms with Crippen molar-refractivity contribution in [3.8, 4) is 0 Å². The van der Waals surface area contributed by atoms with Gasteiger partial charge in [0.2, 0.25) is 0 Å². The van der Waals surface area contributed by atoms with E-state index in [4.69, 9.17) is 5.73 Å². The van der Waals surface area contributed by atoms with Gasteiger partial charge in [-0.3, -0.25) is 5.01 Å². The highest BCUT2D eigenvalue weighted by molar-refractivity contribution is 6.06. The fourth-order valence-electron chi connectivity index (χ4n) is 2.19. The lowest BCUT2D eigenvalue weighted by atomic mass is 10.1. The van der Waals surface area contributed by atoms with Crippen LogP contribution in [-0.4, -0.2) is 12.3 Å². The predicted molar refractivity (Wildman–Crippen MR) is 75.8 cm³/mol. The second-order valence-corrected chi connectivity index (χ2v) is 4.34. The summed E-state index contributed by atoms with van der Waals surface area (Å²) < 4.78 is 0. The summed E-state index contributed by atoms with van der Waals surface area (Å²) in [6.45, 7) is 0.910. The average Bonchev–Trinajstić information content (AvgIpc) is 2.90. The van der Waals surface area contributed by atoms with Crippen LogP contribution in [0.25, 0.3) is 0 Å². The van der Waals surface area contributed by atoms with E-state index in [1.54, 1.807) is 0 Å². The van der Waals surface area contributed by atoms with Gasteiger partial charge in [-0.1, -0.05) is 36.4 Å². The zero-order chi connectivity index (χ0) is 12.4. The lowest BCUT2D eigenvalue weighted by Gasteiger charge is -2.12. The minimum Gasteiger partial charge on any atom is -0.398 e. The summed E-state index contributed by atoms with van der Waals surface area (Å²) in [5.41, 5.74) is 10.0. The molecular weight excluding hydrogens is 222 g/mol. The van der Waals surface area contributed by atoms with Crippen LogP contribution in [0.15, 0.2) is 59.7 Å². The maximum absolute atomic E-state index is 5.99. The van der Waals surface area contributed by atoms with Gasteiger partial charge in [0.25, 0.3) is 0 Å². The molecule has 90 valence electrons. The maximum Gasteiger partial charge on any atom is 0.0720 e. The highest BCUT2D eigenvalue weighted by Crippen LogP contribution is 2.23. The van der Waals surface area contributed by atoms with Crippen molar-refractivity contribution in [1.82, 2.24) is 0 Å². The molecule has 1 aliphatic heterocycles. The third-order valence-electron chi connectivity index (χ3n) is 3.13. The lowest BCUT2D eigenvalue weighted by molar-refractivity contribution is 0.922. The molecule has 0 saturated heterocycles. The van der Waals surface area contributed by atoms with Crippen molar-refractivity contribution < 1.29 is 0 Å². The van der Waals surface area contributed by atoms with E-state index < -0.39 is 0 Å². The van der Waals surface area contributed by atoms with Crippen molar-refractivity contribution in [2.24, 2.45) is 5.10 Å². The number of nitrogens with zero attached hydrogens (tertiary/aromatic N) is 2. The third-order valence-corrected chi connectivity index (χ3v) is 3.13. The van der Waals surface area contributed by atoms with Gasteiger partial charge in [0.05, 0.1) is 11.4 Å². The number of para-hydroxylation sites is 2. The molecule has 0 spiro atoms. The maximum atomic E-state index is 5.99. The molecule has 0 fully saturated rings. The Bertz CT molecular complexity index is 575. The van der Waals surface area contributed by atoms with Gasteiger partial charge in [0.15, 0.2) is 0 Å². The highest BCUT2D eigenvalue weighted by Gasteiger charge is 2.18. The Labute approximate surface area is 107 Å². The quantitative estimate of drug-likeness (QED) is 0.816. The number of rotatable bonds is 2. The van der Waals surface area contributed by atoms with Crippen molar-refractivity contribution in [2.45, 2.75) is 6.42 Å². The second kappa shape index (κ2) is 4.53. The summed E-state index contributed by atoms with van der Waals surface area (Å²) in [5.74, 6) is 0. The zero-order valence-corrected chi connectivity index (χ0v) is 10.1. The number of hydrogen-bond donors (Lipinski definition) is 1. The van der Waals surface area contributed by atoms with E-state index in [2.05, 4.69) is 17.2 Å². The molecule has 0 radical (unpaired) electrons. The first kappa shape index (κ1) is 10.8. The average molecular weight is 237 g/mol. The number of nitrogen functional groups attached to an aromatic ring is 1. The fourth-order valence-corrected chi connectivity index (χ4v) is 2.19. The predicted octanol–water partition coefficient (Wildman–Crippen LogP) is 2.88. The smallest absolute Gasteiger partial charge is 0.0720 e. The molecule has 0 unspecified atom stereocenters. The van der Waals surface area contributed by atoms with Crippen LogP contribution < -0.4 is 10.7 Å². The molecule has 0 aliphatic carbocycles. The van der Waals surface area contributed by atoms with Gasteiger partial charge in [0, 0.05) is 24.2 Å². The molecule has 0 bridgehead atoms. The summed E-state index contributed by atoms with van der Waals surface area (Å²) >= 11 is 0. The summed E-state index contributed by atoms with van der Waals surface area (Å²) in [6.07, 6.45) is 0.934. The Kier molecular flexibility index (Phi) is 2.73. The molecule has 2 aromatic rings. The van der Waals surface area contributed by atoms with Gasteiger partial charge in [-0.05, 0) is 18.2 Å². The van der Waals surface area contributed by atoms with E-state index in [1.807, 2.05) is 47.5 Å². The normalized spacial score (nSPS) is 14.7. The molecule has 1 aliphatic rings. The monoisotopic (exact) mass is 237 g/mol. The third kappa shape index (κ3) is 1.95. The largest absolute Gasteiger partial charge is 0.398 e.